The molecule has 1 aromatic heterocycles. The van der Waals surface area contributed by atoms with Gasteiger partial charge >= 0.3 is 0 Å². The monoisotopic (exact) mass is 313 g/mol. The van der Waals surface area contributed by atoms with Crippen LogP contribution in [0, 0.1) is 0 Å². The molecule has 1 heterocycles. The third-order valence-electron chi connectivity index (χ3n) is 4.14. The van der Waals surface area contributed by atoms with Crippen molar-refractivity contribution in [2.24, 2.45) is 0 Å². The Bertz CT molecular complexity index is 933. The summed E-state index contributed by atoms with van der Waals surface area (Å²) in [6, 6.07) is 13.0. The lowest BCUT2D eigenvalue weighted by Crippen LogP contribution is -2.23. The molecule has 112 valence electrons. The molecule has 4 rings (SSSR count). The fourth-order valence-electron chi connectivity index (χ4n) is 3.11. The fraction of sp³-hybridized carbons (Fsp3) is 0.176. The van der Waals surface area contributed by atoms with E-state index in [-0.39, 0.29) is 6.54 Å². The predicted octanol–water partition coefficient (Wildman–Crippen LogP) is 3.01. The highest BCUT2D eigenvalue weighted by molar-refractivity contribution is 7.89. The Labute approximate surface area is 128 Å². The minimum atomic E-state index is -3.58. The summed E-state index contributed by atoms with van der Waals surface area (Å²) in [5, 5.41) is 1.91. The minimum Gasteiger partial charge on any atom is -0.468 e. The van der Waals surface area contributed by atoms with Crippen LogP contribution in [-0.4, -0.2) is 8.42 Å². The Hall–Kier alpha value is -2.11. The van der Waals surface area contributed by atoms with Gasteiger partial charge in [0.1, 0.15) is 5.76 Å². The van der Waals surface area contributed by atoms with Gasteiger partial charge in [-0.3, -0.25) is 0 Å². The zero-order chi connectivity index (χ0) is 15.2. The molecule has 0 saturated carbocycles. The number of furan rings is 1. The van der Waals surface area contributed by atoms with Gasteiger partial charge in [0, 0.05) is 5.39 Å². The molecular weight excluding hydrogens is 298 g/mol. The fourth-order valence-corrected chi connectivity index (χ4v) is 4.31. The van der Waals surface area contributed by atoms with Crippen molar-refractivity contribution < 1.29 is 12.8 Å². The molecule has 2 aromatic carbocycles. The Morgan fingerprint density at radius 2 is 1.82 bits per heavy atom. The zero-order valence-electron chi connectivity index (χ0n) is 11.9. The lowest BCUT2D eigenvalue weighted by molar-refractivity contribution is 0.499. The van der Waals surface area contributed by atoms with Gasteiger partial charge in [-0.05, 0) is 47.6 Å². The van der Waals surface area contributed by atoms with Crippen molar-refractivity contribution in [1.82, 2.24) is 4.72 Å². The maximum absolute atomic E-state index is 12.6. The standard InChI is InChI=1S/C17H15NO3S/c19-22(20,18-11-14-4-2-10-21-14)16-9-8-13-7-6-12-3-1-5-15(16)17(12)13/h1-5,8-10,18H,6-7,11H2. The highest BCUT2D eigenvalue weighted by atomic mass is 32.2. The highest BCUT2D eigenvalue weighted by Crippen LogP contribution is 2.34. The van der Waals surface area contributed by atoms with Gasteiger partial charge in [0.05, 0.1) is 17.7 Å². The summed E-state index contributed by atoms with van der Waals surface area (Å²) in [6.45, 7) is 0.151. The number of hydrogen-bond acceptors (Lipinski definition) is 3. The van der Waals surface area contributed by atoms with E-state index in [1.165, 1.54) is 17.4 Å². The molecular formula is C17H15NO3S. The van der Waals surface area contributed by atoms with Gasteiger partial charge in [-0.15, -0.1) is 0 Å². The van der Waals surface area contributed by atoms with Crippen LogP contribution in [0.4, 0.5) is 0 Å². The average Bonchev–Trinajstić information content (AvgIpc) is 3.16. The Balaban J connectivity index is 1.77. The normalized spacial score (nSPS) is 13.8. The van der Waals surface area contributed by atoms with E-state index in [1.54, 1.807) is 18.2 Å². The van der Waals surface area contributed by atoms with E-state index < -0.39 is 10.0 Å². The molecule has 3 aromatic rings. The maximum Gasteiger partial charge on any atom is 0.241 e. The lowest BCUT2D eigenvalue weighted by Gasteiger charge is -2.10. The maximum atomic E-state index is 12.6. The Morgan fingerprint density at radius 3 is 2.59 bits per heavy atom. The molecule has 0 atom stereocenters. The number of sulfonamides is 1. The van der Waals surface area contributed by atoms with E-state index >= 15 is 0 Å². The van der Waals surface area contributed by atoms with Gasteiger partial charge < -0.3 is 4.42 Å². The van der Waals surface area contributed by atoms with Crippen LogP contribution >= 0.6 is 0 Å². The summed E-state index contributed by atoms with van der Waals surface area (Å²) in [7, 11) is -3.58. The zero-order valence-corrected chi connectivity index (χ0v) is 12.7. The molecule has 0 unspecified atom stereocenters. The third kappa shape index (κ3) is 2.14. The number of rotatable bonds is 4. The van der Waals surface area contributed by atoms with Gasteiger partial charge in [0.15, 0.2) is 0 Å². The van der Waals surface area contributed by atoms with Crippen molar-refractivity contribution >= 4 is 20.8 Å². The van der Waals surface area contributed by atoms with Crippen LogP contribution in [0.15, 0.2) is 58.0 Å². The first-order chi connectivity index (χ1) is 10.6. The summed E-state index contributed by atoms with van der Waals surface area (Å²) in [4.78, 5) is 0.335. The van der Waals surface area contributed by atoms with Crippen molar-refractivity contribution in [3.63, 3.8) is 0 Å². The van der Waals surface area contributed by atoms with Crippen LogP contribution in [0.1, 0.15) is 16.9 Å². The molecule has 22 heavy (non-hydrogen) atoms. The van der Waals surface area contributed by atoms with E-state index in [2.05, 4.69) is 10.8 Å². The number of benzene rings is 2. The van der Waals surface area contributed by atoms with Crippen molar-refractivity contribution in [3.8, 4) is 0 Å². The second kappa shape index (κ2) is 4.97. The highest BCUT2D eigenvalue weighted by Gasteiger charge is 2.22. The average molecular weight is 313 g/mol. The molecule has 1 aliphatic rings. The summed E-state index contributed by atoms with van der Waals surface area (Å²) >= 11 is 0. The number of nitrogens with one attached hydrogen (secondary N) is 1. The van der Waals surface area contributed by atoms with Gasteiger partial charge in [-0.2, -0.15) is 0 Å². The summed E-state index contributed by atoms with van der Waals surface area (Å²) in [5.74, 6) is 0.592. The third-order valence-corrected chi connectivity index (χ3v) is 5.60. The van der Waals surface area contributed by atoms with Crippen LogP contribution in [0.3, 0.4) is 0 Å². The van der Waals surface area contributed by atoms with Crippen LogP contribution in [0.2, 0.25) is 0 Å². The summed E-state index contributed by atoms with van der Waals surface area (Å²) in [6.07, 6.45) is 3.49. The first kappa shape index (κ1) is 13.5. The molecule has 0 aliphatic heterocycles. The predicted molar refractivity (Wildman–Crippen MR) is 84.1 cm³/mol. The van der Waals surface area contributed by atoms with E-state index in [0.29, 0.717) is 10.7 Å². The van der Waals surface area contributed by atoms with Gasteiger partial charge in [-0.25, -0.2) is 13.1 Å². The summed E-state index contributed by atoms with van der Waals surface area (Å²) in [5.41, 5.74) is 2.46. The Morgan fingerprint density at radius 1 is 1.00 bits per heavy atom. The Kier molecular flexibility index (Phi) is 3.06. The molecule has 4 nitrogen and oxygen atoms in total. The van der Waals surface area contributed by atoms with Gasteiger partial charge in [-0.1, -0.05) is 24.3 Å². The second-order valence-corrected chi connectivity index (χ2v) is 7.20. The topological polar surface area (TPSA) is 59.3 Å². The summed E-state index contributed by atoms with van der Waals surface area (Å²) < 4.78 is 33.0. The molecule has 0 bridgehead atoms. The molecule has 5 heteroatoms. The van der Waals surface area contributed by atoms with E-state index in [9.17, 15) is 8.42 Å². The molecule has 0 radical (unpaired) electrons. The van der Waals surface area contributed by atoms with Crippen molar-refractivity contribution in [2.75, 3.05) is 0 Å². The van der Waals surface area contributed by atoms with E-state index in [0.717, 1.165) is 23.6 Å². The quantitative estimate of drug-likeness (QED) is 0.805. The first-order valence-electron chi connectivity index (χ1n) is 7.21. The smallest absolute Gasteiger partial charge is 0.241 e. The molecule has 0 saturated heterocycles. The largest absolute Gasteiger partial charge is 0.468 e. The van der Waals surface area contributed by atoms with Crippen molar-refractivity contribution in [2.45, 2.75) is 24.3 Å². The SMILES string of the molecule is O=S(=O)(NCc1ccco1)c1ccc2c3c(cccc13)CC2. The van der Waals surface area contributed by atoms with Crippen LogP contribution in [0.25, 0.3) is 10.8 Å². The van der Waals surface area contributed by atoms with E-state index in [4.69, 9.17) is 4.42 Å². The molecule has 1 N–H and O–H groups in total. The van der Waals surface area contributed by atoms with Crippen LogP contribution in [-0.2, 0) is 29.4 Å². The van der Waals surface area contributed by atoms with Crippen LogP contribution in [0.5, 0.6) is 0 Å². The number of aryl methyl sites for hydroxylation is 2. The molecule has 0 amide bonds. The molecule has 0 fully saturated rings. The second-order valence-electron chi connectivity index (χ2n) is 5.47. The first-order valence-corrected chi connectivity index (χ1v) is 8.69. The van der Waals surface area contributed by atoms with Crippen molar-refractivity contribution in [1.29, 1.82) is 0 Å². The minimum absolute atomic E-state index is 0.151. The van der Waals surface area contributed by atoms with E-state index in [1.807, 2.05) is 18.2 Å². The van der Waals surface area contributed by atoms with Gasteiger partial charge in [0.25, 0.3) is 0 Å². The molecule has 0 spiro atoms. The molecule has 1 aliphatic carbocycles. The number of hydrogen-bond donors (Lipinski definition) is 1. The lowest BCUT2D eigenvalue weighted by atomic mass is 10.1. The van der Waals surface area contributed by atoms with Crippen molar-refractivity contribution in [3.05, 3.63) is 65.6 Å². The van der Waals surface area contributed by atoms with Crippen LogP contribution < -0.4 is 4.72 Å². The van der Waals surface area contributed by atoms with Gasteiger partial charge in [0.2, 0.25) is 10.0 Å².